The summed E-state index contributed by atoms with van der Waals surface area (Å²) in [5.74, 6) is -0.926. The molecule has 8 nitrogen and oxygen atoms in total. The lowest BCUT2D eigenvalue weighted by molar-refractivity contribution is -0.306. The fraction of sp³-hybridized carbons (Fsp3) is 0.222. The minimum absolute atomic E-state index is 0.00458. The first-order chi connectivity index (χ1) is 13.5. The van der Waals surface area contributed by atoms with Gasteiger partial charge in [-0.1, -0.05) is 17.8 Å². The normalized spacial score (nSPS) is 10.8. The summed E-state index contributed by atoms with van der Waals surface area (Å²) in [6.45, 7) is -0.0676. The van der Waals surface area contributed by atoms with Crippen LogP contribution in [0.3, 0.4) is 0 Å². The second-order valence-electron chi connectivity index (χ2n) is 5.68. The number of carbonyl (C=O) groups is 2. The van der Waals surface area contributed by atoms with E-state index in [1.165, 1.54) is 23.0 Å². The molecule has 146 valence electrons. The van der Waals surface area contributed by atoms with Gasteiger partial charge in [0.2, 0.25) is 5.91 Å². The summed E-state index contributed by atoms with van der Waals surface area (Å²) in [7, 11) is 1.54. The first kappa shape index (κ1) is 19.9. The highest BCUT2D eigenvalue weighted by molar-refractivity contribution is 7.99. The first-order valence-corrected chi connectivity index (χ1v) is 10.1. The fourth-order valence-electron chi connectivity index (χ4n) is 2.46. The second kappa shape index (κ2) is 8.89. The van der Waals surface area contributed by atoms with E-state index in [4.69, 9.17) is 4.74 Å². The van der Waals surface area contributed by atoms with Gasteiger partial charge in [-0.15, -0.1) is 11.3 Å². The van der Waals surface area contributed by atoms with Crippen molar-refractivity contribution in [3.05, 3.63) is 46.1 Å². The number of aromatic nitrogens is 2. The highest BCUT2D eigenvalue weighted by atomic mass is 32.2. The maximum Gasteiger partial charge on any atom is 0.272 e. The quantitative estimate of drug-likeness (QED) is 0.434. The minimum atomic E-state index is -1.26. The van der Waals surface area contributed by atoms with Crippen LogP contribution in [-0.2, 0) is 16.1 Å². The summed E-state index contributed by atoms with van der Waals surface area (Å²) < 4.78 is 6.84. The number of carbonyl (C=O) groups excluding carboxylic acids is 2. The Labute approximate surface area is 168 Å². The molecule has 1 aromatic carbocycles. The largest absolute Gasteiger partial charge is 0.550 e. The lowest BCUT2D eigenvalue weighted by atomic mass is 10.3. The molecule has 0 saturated heterocycles. The number of thioether (sulfide) groups is 1. The molecule has 10 heteroatoms. The number of hydrogen-bond acceptors (Lipinski definition) is 8. The molecule has 1 amide bonds. The molecule has 28 heavy (non-hydrogen) atoms. The molecular formula is C18H16N3O5S2-. The van der Waals surface area contributed by atoms with E-state index >= 15 is 0 Å². The lowest BCUT2D eigenvalue weighted by Crippen LogP contribution is -2.29. The molecule has 0 radical (unpaired) electrons. The predicted molar refractivity (Wildman–Crippen MR) is 106 cm³/mol. The zero-order chi connectivity index (χ0) is 20.1. The van der Waals surface area contributed by atoms with Crippen molar-refractivity contribution >= 4 is 50.9 Å². The summed E-state index contributed by atoms with van der Waals surface area (Å²) in [5.41, 5.74) is 0.785. The van der Waals surface area contributed by atoms with Gasteiger partial charge in [0.1, 0.15) is 10.4 Å². The number of aliphatic carboxylic acids is 1. The maximum atomic E-state index is 12.6. The number of hydrogen-bond donors (Lipinski definition) is 1. The van der Waals surface area contributed by atoms with Gasteiger partial charge in [-0.3, -0.25) is 14.2 Å². The molecule has 0 atom stereocenters. The van der Waals surface area contributed by atoms with Crippen LogP contribution in [0.5, 0.6) is 5.75 Å². The first-order valence-electron chi connectivity index (χ1n) is 8.22. The molecule has 0 spiro atoms. The van der Waals surface area contributed by atoms with Crippen LogP contribution in [0, 0.1) is 0 Å². The van der Waals surface area contributed by atoms with E-state index in [9.17, 15) is 19.5 Å². The number of nitrogens with one attached hydrogen (secondary N) is 1. The third kappa shape index (κ3) is 4.70. The topological polar surface area (TPSA) is 113 Å². The van der Waals surface area contributed by atoms with E-state index in [1.54, 1.807) is 35.7 Å². The monoisotopic (exact) mass is 418 g/mol. The molecule has 3 aromatic rings. The van der Waals surface area contributed by atoms with Gasteiger partial charge in [-0.2, -0.15) is 0 Å². The molecule has 0 saturated carbocycles. The van der Waals surface area contributed by atoms with Gasteiger partial charge in [-0.25, -0.2) is 4.98 Å². The predicted octanol–water partition coefficient (Wildman–Crippen LogP) is 1.34. The van der Waals surface area contributed by atoms with Gasteiger partial charge >= 0.3 is 0 Å². The van der Waals surface area contributed by atoms with Crippen molar-refractivity contribution in [3.63, 3.8) is 0 Å². The standard InChI is InChI=1S/C18H17N3O5S2/c1-26-12-4-2-3-11(9-12)19-14(22)10-28-18-20-13-6-8-27-16(13)17(25)21(18)7-5-15(23)24/h2-4,6,8-9H,5,7,10H2,1H3,(H,19,22)(H,23,24)/p-1. The average molecular weight is 418 g/mol. The number of fused-ring (bicyclic) bond motifs is 1. The van der Waals surface area contributed by atoms with Gasteiger partial charge in [0, 0.05) is 30.7 Å². The van der Waals surface area contributed by atoms with E-state index < -0.39 is 5.97 Å². The molecule has 0 aliphatic rings. The highest BCUT2D eigenvalue weighted by Crippen LogP contribution is 2.22. The highest BCUT2D eigenvalue weighted by Gasteiger charge is 2.14. The summed E-state index contributed by atoms with van der Waals surface area (Å²) in [6, 6.07) is 8.65. The Morgan fingerprint density at radius 3 is 2.93 bits per heavy atom. The number of ether oxygens (including phenoxy) is 1. The summed E-state index contributed by atoms with van der Waals surface area (Å²) >= 11 is 2.31. The molecule has 1 N–H and O–H groups in total. The third-order valence-corrected chi connectivity index (χ3v) is 5.62. The van der Waals surface area contributed by atoms with E-state index in [0.29, 0.717) is 21.7 Å². The zero-order valence-electron chi connectivity index (χ0n) is 14.8. The van der Waals surface area contributed by atoms with E-state index in [0.717, 1.165) is 11.8 Å². The number of carboxylic acid groups (broad SMARTS) is 1. The maximum absolute atomic E-state index is 12.6. The van der Waals surface area contributed by atoms with E-state index in [-0.39, 0.29) is 35.3 Å². The van der Waals surface area contributed by atoms with Crippen molar-refractivity contribution in [1.29, 1.82) is 0 Å². The average Bonchev–Trinajstić information content (AvgIpc) is 3.14. The van der Waals surface area contributed by atoms with Crippen molar-refractivity contribution in [2.24, 2.45) is 0 Å². The Morgan fingerprint density at radius 2 is 2.18 bits per heavy atom. The Hall–Kier alpha value is -2.85. The number of nitrogens with zero attached hydrogens (tertiary/aromatic N) is 2. The van der Waals surface area contributed by atoms with Crippen LogP contribution < -0.4 is 20.7 Å². The number of benzene rings is 1. The molecule has 0 bridgehead atoms. The molecule has 0 aliphatic carbocycles. The minimum Gasteiger partial charge on any atom is -0.550 e. The van der Waals surface area contributed by atoms with Crippen molar-refractivity contribution in [2.75, 3.05) is 18.2 Å². The van der Waals surface area contributed by atoms with Crippen LogP contribution in [0.4, 0.5) is 5.69 Å². The van der Waals surface area contributed by atoms with Gasteiger partial charge < -0.3 is 20.0 Å². The van der Waals surface area contributed by atoms with Crippen LogP contribution in [0.25, 0.3) is 10.2 Å². The number of amides is 1. The van der Waals surface area contributed by atoms with Crippen LogP contribution in [0.2, 0.25) is 0 Å². The van der Waals surface area contributed by atoms with E-state index in [1.807, 2.05) is 0 Å². The number of anilines is 1. The van der Waals surface area contributed by atoms with Crippen molar-refractivity contribution in [1.82, 2.24) is 9.55 Å². The lowest BCUT2D eigenvalue weighted by Gasteiger charge is -2.12. The van der Waals surface area contributed by atoms with Crippen molar-refractivity contribution < 1.29 is 19.4 Å². The van der Waals surface area contributed by atoms with Gasteiger partial charge in [-0.05, 0) is 23.6 Å². The third-order valence-electron chi connectivity index (χ3n) is 3.76. The zero-order valence-corrected chi connectivity index (χ0v) is 16.5. The smallest absolute Gasteiger partial charge is 0.272 e. The molecule has 2 heterocycles. The van der Waals surface area contributed by atoms with Crippen molar-refractivity contribution in [2.45, 2.75) is 18.1 Å². The Balaban J connectivity index is 1.76. The molecule has 0 aliphatic heterocycles. The Kier molecular flexibility index (Phi) is 6.32. The molecule has 2 aromatic heterocycles. The van der Waals surface area contributed by atoms with Gasteiger partial charge in [0.05, 0.1) is 18.4 Å². The SMILES string of the molecule is COc1cccc(NC(=O)CSc2nc3ccsc3c(=O)n2CCC(=O)[O-])c1. The summed E-state index contributed by atoms with van der Waals surface area (Å²) in [4.78, 5) is 40.1. The summed E-state index contributed by atoms with van der Waals surface area (Å²) in [6.07, 6.45) is -0.317. The molecule has 3 rings (SSSR count). The Morgan fingerprint density at radius 1 is 1.36 bits per heavy atom. The van der Waals surface area contributed by atoms with Gasteiger partial charge in [0.25, 0.3) is 5.56 Å². The number of methoxy groups -OCH3 is 1. The number of thiophene rings is 1. The van der Waals surface area contributed by atoms with Crippen LogP contribution in [-0.4, -0.2) is 34.3 Å². The van der Waals surface area contributed by atoms with Crippen molar-refractivity contribution in [3.8, 4) is 5.75 Å². The second-order valence-corrected chi connectivity index (χ2v) is 7.54. The Bertz CT molecular complexity index is 1080. The van der Waals surface area contributed by atoms with Crippen LogP contribution in [0.1, 0.15) is 6.42 Å². The van der Waals surface area contributed by atoms with E-state index in [2.05, 4.69) is 10.3 Å². The van der Waals surface area contributed by atoms with Crippen LogP contribution in [0.15, 0.2) is 45.7 Å². The molecule has 0 unspecified atom stereocenters. The summed E-state index contributed by atoms with van der Waals surface area (Å²) in [5, 5.41) is 15.6. The number of carboxylic acids is 1. The number of rotatable bonds is 8. The van der Waals surface area contributed by atoms with Crippen LogP contribution >= 0.6 is 23.1 Å². The molecule has 0 fully saturated rings. The fourth-order valence-corrected chi connectivity index (χ4v) is 4.07. The van der Waals surface area contributed by atoms with Gasteiger partial charge in [0.15, 0.2) is 5.16 Å². The molecular weight excluding hydrogens is 402 g/mol.